The Bertz CT molecular complexity index is 1050. The van der Waals surface area contributed by atoms with Gasteiger partial charge in [0.05, 0.1) is 19.2 Å². The first-order chi connectivity index (χ1) is 17.7. The van der Waals surface area contributed by atoms with E-state index in [1.165, 1.54) is 58.0 Å². The summed E-state index contributed by atoms with van der Waals surface area (Å²) in [5.74, 6) is 2.23. The molecule has 194 valence electrons. The molecule has 0 atom stereocenters. The van der Waals surface area contributed by atoms with E-state index in [2.05, 4.69) is 31.2 Å². The van der Waals surface area contributed by atoms with E-state index in [0.29, 0.717) is 35.5 Å². The number of likely N-dealkylation sites (tertiary alicyclic amines) is 2. The van der Waals surface area contributed by atoms with Crippen molar-refractivity contribution in [1.29, 1.82) is 5.26 Å². The highest BCUT2D eigenvalue weighted by Gasteiger charge is 2.27. The van der Waals surface area contributed by atoms with Gasteiger partial charge in [0.15, 0.2) is 11.5 Å². The van der Waals surface area contributed by atoms with Gasteiger partial charge in [-0.15, -0.1) is 0 Å². The van der Waals surface area contributed by atoms with Crippen molar-refractivity contribution in [3.63, 3.8) is 0 Å². The Hall–Kier alpha value is -2.63. The molecule has 0 unspecified atom stereocenters. The lowest BCUT2D eigenvalue weighted by Gasteiger charge is -2.39. The van der Waals surface area contributed by atoms with Crippen molar-refractivity contribution < 1.29 is 9.47 Å². The number of ether oxygens (including phenoxy) is 2. The highest BCUT2D eigenvalue weighted by Crippen LogP contribution is 2.35. The van der Waals surface area contributed by atoms with Crippen LogP contribution in [0, 0.1) is 11.3 Å². The Balaban J connectivity index is 1.26. The summed E-state index contributed by atoms with van der Waals surface area (Å²) in [4.78, 5) is 14.2. The summed E-state index contributed by atoms with van der Waals surface area (Å²) >= 11 is 0. The molecule has 3 heterocycles. The van der Waals surface area contributed by atoms with Crippen LogP contribution >= 0.6 is 0 Å². The van der Waals surface area contributed by atoms with E-state index < -0.39 is 0 Å². The number of hydrogen-bond donors (Lipinski definition) is 1. The average Bonchev–Trinajstić information content (AvgIpc) is 3.45. The molecule has 0 bridgehead atoms. The van der Waals surface area contributed by atoms with Gasteiger partial charge in [-0.05, 0) is 64.1 Å². The summed E-state index contributed by atoms with van der Waals surface area (Å²) < 4.78 is 11.8. The van der Waals surface area contributed by atoms with Crippen molar-refractivity contribution in [3.8, 4) is 17.6 Å². The number of benzene rings is 1. The fourth-order valence-electron chi connectivity index (χ4n) is 6.09. The van der Waals surface area contributed by atoms with Crippen LogP contribution in [0.5, 0.6) is 11.5 Å². The van der Waals surface area contributed by atoms with Crippen molar-refractivity contribution >= 4 is 16.7 Å². The number of hydrogen-bond acceptors (Lipinski definition) is 8. The molecular formula is C28H40N6O2. The van der Waals surface area contributed by atoms with Crippen LogP contribution in [-0.2, 0) is 0 Å². The topological polar surface area (TPSA) is 86.5 Å². The summed E-state index contributed by atoms with van der Waals surface area (Å²) in [7, 11) is 1.66. The van der Waals surface area contributed by atoms with Crippen LogP contribution in [0.1, 0.15) is 70.0 Å². The van der Waals surface area contributed by atoms with Gasteiger partial charge in [-0.2, -0.15) is 5.26 Å². The lowest BCUT2D eigenvalue weighted by atomic mass is 9.92. The zero-order valence-corrected chi connectivity index (χ0v) is 21.7. The molecule has 36 heavy (non-hydrogen) atoms. The normalized spacial score (nSPS) is 20.4. The molecule has 1 N–H and O–H groups in total. The van der Waals surface area contributed by atoms with Gasteiger partial charge in [0.25, 0.3) is 0 Å². The molecule has 1 aromatic carbocycles. The smallest absolute Gasteiger partial charge is 0.234 e. The summed E-state index contributed by atoms with van der Waals surface area (Å²) in [6.07, 6.45) is 12.6. The monoisotopic (exact) mass is 492 g/mol. The Morgan fingerprint density at radius 1 is 0.972 bits per heavy atom. The molecule has 2 aliphatic heterocycles. The van der Waals surface area contributed by atoms with Crippen LogP contribution in [0.3, 0.4) is 0 Å². The lowest BCUT2D eigenvalue weighted by molar-refractivity contribution is 0.126. The van der Waals surface area contributed by atoms with E-state index in [9.17, 15) is 5.26 Å². The van der Waals surface area contributed by atoms with Crippen LogP contribution < -0.4 is 14.8 Å². The molecule has 2 saturated heterocycles. The van der Waals surface area contributed by atoms with E-state index in [0.717, 1.165) is 50.3 Å². The van der Waals surface area contributed by atoms with Gasteiger partial charge >= 0.3 is 0 Å². The van der Waals surface area contributed by atoms with Gasteiger partial charge in [0.2, 0.25) is 5.82 Å². The third-order valence-electron chi connectivity index (χ3n) is 8.12. The third kappa shape index (κ3) is 6.01. The fourth-order valence-corrected chi connectivity index (χ4v) is 6.09. The predicted octanol–water partition coefficient (Wildman–Crippen LogP) is 4.58. The number of nitrogens with zero attached hydrogens (tertiary/aromatic N) is 5. The molecule has 1 aromatic heterocycles. The molecule has 0 spiro atoms. The summed E-state index contributed by atoms with van der Waals surface area (Å²) in [6, 6.07) is 7.07. The Kier molecular flexibility index (Phi) is 8.40. The van der Waals surface area contributed by atoms with Crippen molar-refractivity contribution in [2.24, 2.45) is 0 Å². The maximum Gasteiger partial charge on any atom is 0.234 e. The number of methoxy groups -OCH3 is 1. The van der Waals surface area contributed by atoms with E-state index in [1.54, 1.807) is 7.11 Å². The van der Waals surface area contributed by atoms with Crippen molar-refractivity contribution in [2.75, 3.05) is 51.8 Å². The zero-order valence-electron chi connectivity index (χ0n) is 21.7. The summed E-state index contributed by atoms with van der Waals surface area (Å²) in [5.41, 5.74) is 0.707. The second-order valence-electron chi connectivity index (χ2n) is 10.5. The van der Waals surface area contributed by atoms with Crippen LogP contribution in [0.25, 0.3) is 10.9 Å². The van der Waals surface area contributed by atoms with Gasteiger partial charge in [-0.25, -0.2) is 9.97 Å². The number of nitriles is 1. The van der Waals surface area contributed by atoms with E-state index in [-0.39, 0.29) is 5.82 Å². The molecule has 2 aromatic rings. The molecular weight excluding hydrogens is 452 g/mol. The Labute approximate surface area is 215 Å². The number of aromatic nitrogens is 2. The molecule has 1 saturated carbocycles. The standard InChI is InChI=1S/C28H40N6O2/c1-35-25-18-23-24(19-26(25)36-17-7-14-33-12-5-6-13-33)31-27(20-29)32-28(23)30-21-10-15-34(16-11-21)22-8-3-2-4-9-22/h18-19,21-22H,2-17H2,1H3,(H,30,31,32). The van der Waals surface area contributed by atoms with E-state index >= 15 is 0 Å². The van der Waals surface area contributed by atoms with Gasteiger partial charge < -0.3 is 24.6 Å². The second-order valence-corrected chi connectivity index (χ2v) is 10.5. The molecule has 5 rings (SSSR count). The van der Waals surface area contributed by atoms with Crippen molar-refractivity contribution in [2.45, 2.75) is 76.3 Å². The molecule has 3 aliphatic rings. The minimum absolute atomic E-state index is 0.176. The minimum Gasteiger partial charge on any atom is -0.493 e. The Morgan fingerprint density at radius 3 is 2.47 bits per heavy atom. The first-order valence-corrected chi connectivity index (χ1v) is 13.9. The summed E-state index contributed by atoms with van der Waals surface area (Å²) in [6.45, 7) is 6.32. The number of rotatable bonds is 9. The molecule has 0 radical (unpaired) electrons. The highest BCUT2D eigenvalue weighted by atomic mass is 16.5. The van der Waals surface area contributed by atoms with Crippen LogP contribution in [-0.4, -0.2) is 78.3 Å². The third-order valence-corrected chi connectivity index (χ3v) is 8.12. The molecule has 8 nitrogen and oxygen atoms in total. The van der Waals surface area contributed by atoms with Crippen LogP contribution in [0.4, 0.5) is 5.82 Å². The zero-order chi connectivity index (χ0) is 24.7. The number of nitrogens with one attached hydrogen (secondary N) is 1. The van der Waals surface area contributed by atoms with E-state index in [1.807, 2.05) is 12.1 Å². The number of anilines is 1. The van der Waals surface area contributed by atoms with Gasteiger partial charge in [-0.1, -0.05) is 19.3 Å². The molecule has 0 amide bonds. The largest absolute Gasteiger partial charge is 0.493 e. The SMILES string of the molecule is COc1cc2c(NC3CCN(C4CCCCC4)CC3)nc(C#N)nc2cc1OCCCN1CCCC1. The quantitative estimate of drug-likeness (QED) is 0.509. The molecule has 1 aliphatic carbocycles. The van der Waals surface area contributed by atoms with Gasteiger partial charge in [0, 0.05) is 43.2 Å². The van der Waals surface area contributed by atoms with Gasteiger partial charge in [-0.3, -0.25) is 0 Å². The minimum atomic E-state index is 0.176. The summed E-state index contributed by atoms with van der Waals surface area (Å²) in [5, 5.41) is 14.1. The van der Waals surface area contributed by atoms with Gasteiger partial charge in [0.1, 0.15) is 11.9 Å². The Morgan fingerprint density at radius 2 is 1.75 bits per heavy atom. The molecule has 3 fully saturated rings. The second kappa shape index (κ2) is 12.1. The maximum absolute atomic E-state index is 9.58. The van der Waals surface area contributed by atoms with Crippen LogP contribution in [0.2, 0.25) is 0 Å². The predicted molar refractivity (Wildman–Crippen MR) is 142 cm³/mol. The van der Waals surface area contributed by atoms with Crippen molar-refractivity contribution in [3.05, 3.63) is 18.0 Å². The fraction of sp³-hybridized carbons (Fsp3) is 0.679. The average molecular weight is 493 g/mol. The number of fused-ring (bicyclic) bond motifs is 1. The van der Waals surface area contributed by atoms with Crippen molar-refractivity contribution in [1.82, 2.24) is 19.8 Å². The van der Waals surface area contributed by atoms with E-state index in [4.69, 9.17) is 9.47 Å². The first kappa shape index (κ1) is 25.0. The highest BCUT2D eigenvalue weighted by molar-refractivity contribution is 5.92. The van der Waals surface area contributed by atoms with Crippen LogP contribution in [0.15, 0.2) is 12.1 Å². The molecule has 8 heteroatoms. The maximum atomic E-state index is 9.58. The number of piperidine rings is 1. The lowest BCUT2D eigenvalue weighted by Crippen LogP contribution is -2.45. The first-order valence-electron chi connectivity index (χ1n) is 13.9.